The monoisotopic (exact) mass is 427 g/mol. The number of amides is 1. The first kappa shape index (κ1) is 24.9. The molecule has 0 fully saturated rings. The van der Waals surface area contributed by atoms with Gasteiger partial charge in [0, 0.05) is 37.2 Å². The lowest BCUT2D eigenvalue weighted by Gasteiger charge is -2.22. The number of halogens is 1. The number of hydrogen-bond donors (Lipinski definition) is 2. The van der Waals surface area contributed by atoms with Crippen molar-refractivity contribution >= 4 is 17.3 Å². The summed E-state index contributed by atoms with van der Waals surface area (Å²) in [5.41, 5.74) is 4.00. The molecule has 0 heterocycles. The number of anilines is 2. The van der Waals surface area contributed by atoms with Crippen molar-refractivity contribution in [3.05, 3.63) is 65.4 Å². The smallest absolute Gasteiger partial charge is 0.263 e. The number of ether oxygens (including phenoxy) is 1. The molecular formula is C23H28ClN4O2-. The van der Waals surface area contributed by atoms with Crippen LogP contribution in [0.15, 0.2) is 54.2 Å². The molecule has 0 saturated carbocycles. The summed E-state index contributed by atoms with van der Waals surface area (Å²) in [7, 11) is 1.60. The van der Waals surface area contributed by atoms with Gasteiger partial charge in [0.1, 0.15) is 17.4 Å². The van der Waals surface area contributed by atoms with Crippen LogP contribution in [0.25, 0.3) is 0 Å². The van der Waals surface area contributed by atoms with Crippen LogP contribution in [0, 0.1) is 18.3 Å². The highest BCUT2D eigenvalue weighted by Gasteiger charge is 2.10. The van der Waals surface area contributed by atoms with Gasteiger partial charge in [0.15, 0.2) is 0 Å². The maximum atomic E-state index is 12.3. The van der Waals surface area contributed by atoms with Gasteiger partial charge in [-0.3, -0.25) is 4.79 Å². The van der Waals surface area contributed by atoms with E-state index < -0.39 is 5.91 Å². The predicted molar refractivity (Wildman–Crippen MR) is 117 cm³/mol. The van der Waals surface area contributed by atoms with Crippen LogP contribution in [0.5, 0.6) is 5.75 Å². The van der Waals surface area contributed by atoms with E-state index in [4.69, 9.17) is 4.74 Å². The van der Waals surface area contributed by atoms with Crippen LogP contribution in [-0.4, -0.2) is 26.1 Å². The molecule has 6 nitrogen and oxygen atoms in total. The van der Waals surface area contributed by atoms with Gasteiger partial charge in [0.2, 0.25) is 0 Å². The quantitative estimate of drug-likeness (QED) is 0.461. The Kier molecular flexibility index (Phi) is 10.3. The molecule has 2 aromatic rings. The molecule has 0 spiro atoms. The molecule has 0 radical (unpaired) electrons. The number of carbonyl (C=O) groups is 1. The van der Waals surface area contributed by atoms with Crippen molar-refractivity contribution < 1.29 is 21.9 Å². The second-order valence-electron chi connectivity index (χ2n) is 6.52. The first-order valence-corrected chi connectivity index (χ1v) is 9.65. The summed E-state index contributed by atoms with van der Waals surface area (Å²) in [5.74, 6) is 0.331. The van der Waals surface area contributed by atoms with Crippen LogP contribution in [0.2, 0.25) is 0 Å². The molecule has 30 heavy (non-hydrogen) atoms. The minimum atomic E-state index is -0.423. The Morgan fingerprint density at radius 3 is 2.37 bits per heavy atom. The maximum absolute atomic E-state index is 12.3. The fraction of sp³-hybridized carbons (Fsp3) is 0.304. The van der Waals surface area contributed by atoms with Gasteiger partial charge in [-0.15, -0.1) is 0 Å². The van der Waals surface area contributed by atoms with Crippen molar-refractivity contribution in [3.63, 3.8) is 0 Å². The number of rotatable bonds is 9. The van der Waals surface area contributed by atoms with E-state index in [1.165, 1.54) is 6.20 Å². The van der Waals surface area contributed by atoms with Crippen molar-refractivity contribution in [2.24, 2.45) is 0 Å². The minimum Gasteiger partial charge on any atom is -1.00 e. The number of methoxy groups -OCH3 is 1. The standard InChI is InChI=1S/C23H28N4O2.ClH/c1-5-27(6-2)20-9-12-22(17(3)13-20)25-16-19(14-24)23(28)26-15-18-7-10-21(29-4)11-8-18;/h7-13,16,25H,5-6,15H2,1-4H3,(H,26,28);1H/p-1/b19-16-;. The lowest BCUT2D eigenvalue weighted by molar-refractivity contribution is -0.117. The first-order chi connectivity index (χ1) is 14.0. The summed E-state index contributed by atoms with van der Waals surface area (Å²) in [6, 6.07) is 15.4. The molecule has 0 aliphatic rings. The van der Waals surface area contributed by atoms with Gasteiger partial charge in [0.25, 0.3) is 5.91 Å². The van der Waals surface area contributed by atoms with Crippen LogP contribution in [0.1, 0.15) is 25.0 Å². The van der Waals surface area contributed by atoms with Crippen LogP contribution < -0.4 is 32.7 Å². The molecule has 0 atom stereocenters. The second-order valence-corrected chi connectivity index (χ2v) is 6.52. The molecule has 0 saturated heterocycles. The Labute approximate surface area is 184 Å². The molecule has 0 unspecified atom stereocenters. The summed E-state index contributed by atoms with van der Waals surface area (Å²) in [6.07, 6.45) is 1.45. The zero-order valence-electron chi connectivity index (χ0n) is 17.8. The van der Waals surface area contributed by atoms with Crippen LogP contribution in [0.3, 0.4) is 0 Å². The number of benzene rings is 2. The van der Waals surface area contributed by atoms with E-state index in [-0.39, 0.29) is 18.0 Å². The zero-order valence-corrected chi connectivity index (χ0v) is 18.6. The predicted octanol–water partition coefficient (Wildman–Crippen LogP) is 0.990. The van der Waals surface area contributed by atoms with Gasteiger partial charge >= 0.3 is 0 Å². The van der Waals surface area contributed by atoms with Gasteiger partial charge < -0.3 is 32.7 Å². The molecule has 0 aromatic heterocycles. The fourth-order valence-electron chi connectivity index (χ4n) is 2.91. The number of aryl methyl sites for hydroxylation is 1. The third-order valence-electron chi connectivity index (χ3n) is 4.69. The lowest BCUT2D eigenvalue weighted by Crippen LogP contribution is -3.00. The normalized spacial score (nSPS) is 10.4. The molecule has 7 heteroatoms. The Morgan fingerprint density at radius 1 is 1.17 bits per heavy atom. The molecule has 2 N–H and O–H groups in total. The van der Waals surface area contributed by atoms with Crippen LogP contribution in [-0.2, 0) is 11.3 Å². The van der Waals surface area contributed by atoms with Gasteiger partial charge in [0.05, 0.1) is 7.11 Å². The van der Waals surface area contributed by atoms with Crippen LogP contribution >= 0.6 is 0 Å². The summed E-state index contributed by atoms with van der Waals surface area (Å²) in [4.78, 5) is 14.6. The van der Waals surface area contributed by atoms with Crippen molar-refractivity contribution in [3.8, 4) is 11.8 Å². The number of nitrogens with one attached hydrogen (secondary N) is 2. The molecule has 2 aromatic carbocycles. The van der Waals surface area contributed by atoms with Gasteiger partial charge in [-0.05, 0) is 62.2 Å². The average molecular weight is 428 g/mol. The number of carbonyl (C=O) groups excluding carboxylic acids is 1. The fourth-order valence-corrected chi connectivity index (χ4v) is 2.91. The van der Waals surface area contributed by atoms with Crippen molar-refractivity contribution in [1.29, 1.82) is 5.26 Å². The van der Waals surface area contributed by atoms with E-state index in [0.717, 1.165) is 41.3 Å². The summed E-state index contributed by atoms with van der Waals surface area (Å²) < 4.78 is 5.12. The van der Waals surface area contributed by atoms with E-state index in [1.54, 1.807) is 7.11 Å². The van der Waals surface area contributed by atoms with E-state index in [1.807, 2.05) is 49.4 Å². The Bertz CT molecular complexity index is 900. The summed E-state index contributed by atoms with van der Waals surface area (Å²) in [6.45, 7) is 8.46. The van der Waals surface area contributed by atoms with Crippen molar-refractivity contribution in [2.45, 2.75) is 27.3 Å². The summed E-state index contributed by atoms with van der Waals surface area (Å²) in [5, 5.41) is 15.2. The van der Waals surface area contributed by atoms with E-state index in [9.17, 15) is 10.1 Å². The highest BCUT2D eigenvalue weighted by Crippen LogP contribution is 2.23. The van der Waals surface area contributed by atoms with Crippen molar-refractivity contribution in [1.82, 2.24) is 5.32 Å². The first-order valence-electron chi connectivity index (χ1n) is 9.65. The molecule has 1 amide bonds. The molecule has 0 aliphatic carbocycles. The highest BCUT2D eigenvalue weighted by molar-refractivity contribution is 5.97. The molecule has 2 rings (SSSR count). The Hall–Kier alpha value is -3.17. The minimum absolute atomic E-state index is 0. The largest absolute Gasteiger partial charge is 1.00 e. The van der Waals surface area contributed by atoms with Gasteiger partial charge in [-0.2, -0.15) is 5.26 Å². The maximum Gasteiger partial charge on any atom is 0.263 e. The third-order valence-corrected chi connectivity index (χ3v) is 4.69. The van der Waals surface area contributed by atoms with E-state index >= 15 is 0 Å². The number of nitriles is 1. The average Bonchev–Trinajstić information content (AvgIpc) is 2.75. The Morgan fingerprint density at radius 2 is 1.83 bits per heavy atom. The van der Waals surface area contributed by atoms with Gasteiger partial charge in [-0.1, -0.05) is 12.1 Å². The Balaban J connectivity index is 0.00000450. The lowest BCUT2D eigenvalue weighted by atomic mass is 10.1. The van der Waals surface area contributed by atoms with Gasteiger partial charge in [-0.25, -0.2) is 0 Å². The molecule has 160 valence electrons. The van der Waals surface area contributed by atoms with Crippen molar-refractivity contribution in [2.75, 3.05) is 30.4 Å². The van der Waals surface area contributed by atoms with E-state index in [0.29, 0.717) is 6.54 Å². The summed E-state index contributed by atoms with van der Waals surface area (Å²) >= 11 is 0. The topological polar surface area (TPSA) is 77.4 Å². The highest BCUT2D eigenvalue weighted by atomic mass is 35.5. The SMILES string of the molecule is CCN(CC)c1ccc(N/C=C(/C#N)C(=O)NCc2ccc(OC)cc2)c(C)c1.[Cl-]. The molecule has 0 aliphatic heterocycles. The second kappa shape index (κ2) is 12.4. The zero-order chi connectivity index (χ0) is 21.2. The number of hydrogen-bond acceptors (Lipinski definition) is 5. The van der Waals surface area contributed by atoms with E-state index in [2.05, 4.69) is 35.4 Å². The van der Waals surface area contributed by atoms with Crippen LogP contribution in [0.4, 0.5) is 11.4 Å². The molecular weight excluding hydrogens is 400 g/mol. The number of nitrogens with zero attached hydrogens (tertiary/aromatic N) is 2. The molecule has 0 bridgehead atoms. The third kappa shape index (κ3) is 6.71.